The van der Waals surface area contributed by atoms with Crippen LogP contribution in [0.15, 0.2) is 78.9 Å². The highest BCUT2D eigenvalue weighted by Crippen LogP contribution is 2.24. The molecule has 0 aliphatic heterocycles. The normalized spacial score (nSPS) is 13.1. The van der Waals surface area contributed by atoms with E-state index >= 15 is 0 Å². The molecule has 3 aromatic carbocycles. The second kappa shape index (κ2) is 17.2. The molecule has 0 saturated carbocycles. The minimum absolute atomic E-state index is 0.0473. The quantitative estimate of drug-likeness (QED) is 0.183. The van der Waals surface area contributed by atoms with Crippen LogP contribution in [0.5, 0.6) is 5.75 Å². The van der Waals surface area contributed by atoms with Gasteiger partial charge in [-0.2, -0.15) is 0 Å². The number of rotatable bonds is 16. The number of nitrogens with one attached hydrogen (secondary N) is 3. The largest absolute Gasteiger partial charge is 0.488 e. The van der Waals surface area contributed by atoms with Crippen molar-refractivity contribution in [3.8, 4) is 5.75 Å². The summed E-state index contributed by atoms with van der Waals surface area (Å²) in [6.45, 7) is 8.05. The van der Waals surface area contributed by atoms with Crippen LogP contribution >= 0.6 is 11.6 Å². The van der Waals surface area contributed by atoms with Gasteiger partial charge in [-0.15, -0.1) is 0 Å². The van der Waals surface area contributed by atoms with Gasteiger partial charge in [0.25, 0.3) is 5.91 Å². The summed E-state index contributed by atoms with van der Waals surface area (Å²) in [7, 11) is 0. The van der Waals surface area contributed by atoms with Crippen molar-refractivity contribution in [1.82, 2.24) is 16.0 Å². The molecule has 0 aliphatic carbocycles. The van der Waals surface area contributed by atoms with Crippen LogP contribution in [0.3, 0.4) is 0 Å². The zero-order chi connectivity index (χ0) is 32.1. The molecular formula is C35H42ClN3O5. The first-order valence-electron chi connectivity index (χ1n) is 14.9. The summed E-state index contributed by atoms with van der Waals surface area (Å²) < 4.78 is 5.96. The van der Waals surface area contributed by atoms with Crippen molar-refractivity contribution < 1.29 is 23.9 Å². The van der Waals surface area contributed by atoms with Crippen LogP contribution < -0.4 is 20.7 Å². The number of amides is 3. The fourth-order valence-corrected chi connectivity index (χ4v) is 4.92. The molecule has 0 heterocycles. The lowest BCUT2D eigenvalue weighted by Crippen LogP contribution is -2.56. The van der Waals surface area contributed by atoms with Gasteiger partial charge in [0.1, 0.15) is 30.7 Å². The van der Waals surface area contributed by atoms with Gasteiger partial charge in [0.2, 0.25) is 11.8 Å². The maximum Gasteiger partial charge on any atom is 0.255 e. The van der Waals surface area contributed by atoms with E-state index in [0.29, 0.717) is 29.9 Å². The number of hydrogen-bond acceptors (Lipinski definition) is 5. The topological polar surface area (TPSA) is 114 Å². The van der Waals surface area contributed by atoms with E-state index in [0.717, 1.165) is 11.1 Å². The van der Waals surface area contributed by atoms with Crippen molar-refractivity contribution in [3.05, 3.63) is 101 Å². The maximum atomic E-state index is 13.7. The van der Waals surface area contributed by atoms with Gasteiger partial charge >= 0.3 is 0 Å². The van der Waals surface area contributed by atoms with E-state index in [1.165, 1.54) is 6.07 Å². The van der Waals surface area contributed by atoms with Crippen LogP contribution in [0.4, 0.5) is 0 Å². The molecule has 3 aromatic rings. The lowest BCUT2D eigenvalue weighted by molar-refractivity contribution is -0.131. The average Bonchev–Trinajstić information content (AvgIpc) is 2.99. The fraction of sp³-hybridized carbons (Fsp3) is 0.371. The zero-order valence-electron chi connectivity index (χ0n) is 25.7. The summed E-state index contributed by atoms with van der Waals surface area (Å²) in [6.07, 6.45) is 1.72. The summed E-state index contributed by atoms with van der Waals surface area (Å²) >= 11 is 6.24. The van der Waals surface area contributed by atoms with Crippen molar-refractivity contribution in [2.45, 2.75) is 71.7 Å². The van der Waals surface area contributed by atoms with Crippen molar-refractivity contribution in [2.75, 3.05) is 0 Å². The third-order valence-electron chi connectivity index (χ3n) is 6.89. The first-order valence-corrected chi connectivity index (χ1v) is 15.3. The molecule has 0 bridgehead atoms. The van der Waals surface area contributed by atoms with Crippen LogP contribution in [0.1, 0.15) is 62.0 Å². The molecule has 0 aromatic heterocycles. The van der Waals surface area contributed by atoms with E-state index in [2.05, 4.69) is 16.0 Å². The SMILES string of the molecule is CC(C)C[C@H](NC(=O)c1cc(Cl)ccc1OCc1ccccc1)C(=O)N[C@@H](Cc1ccccc1)C(=O)N[C@@H](C=O)CC(C)C. The minimum Gasteiger partial charge on any atom is -0.488 e. The second-order valence-electron chi connectivity index (χ2n) is 11.7. The van der Waals surface area contributed by atoms with Crippen molar-refractivity contribution in [2.24, 2.45) is 11.8 Å². The predicted molar refractivity (Wildman–Crippen MR) is 172 cm³/mol. The molecule has 0 radical (unpaired) electrons. The molecule has 0 unspecified atom stereocenters. The summed E-state index contributed by atoms with van der Waals surface area (Å²) in [5.41, 5.74) is 1.96. The van der Waals surface area contributed by atoms with Crippen LogP contribution in [0.25, 0.3) is 0 Å². The van der Waals surface area contributed by atoms with Crippen LogP contribution in [-0.2, 0) is 27.4 Å². The number of carbonyl (C=O) groups excluding carboxylic acids is 4. The molecule has 3 N–H and O–H groups in total. The van der Waals surface area contributed by atoms with Gasteiger partial charge in [-0.3, -0.25) is 14.4 Å². The predicted octanol–water partition coefficient (Wildman–Crippen LogP) is 5.52. The van der Waals surface area contributed by atoms with Crippen molar-refractivity contribution in [1.29, 1.82) is 0 Å². The summed E-state index contributed by atoms with van der Waals surface area (Å²) in [5.74, 6) is -0.953. The van der Waals surface area contributed by atoms with Crippen LogP contribution in [-0.4, -0.2) is 42.1 Å². The molecule has 3 atom stereocenters. The highest BCUT2D eigenvalue weighted by atomic mass is 35.5. The number of halogens is 1. The van der Waals surface area contributed by atoms with Gasteiger partial charge in [0.05, 0.1) is 11.6 Å². The molecule has 8 nitrogen and oxygen atoms in total. The van der Waals surface area contributed by atoms with Crippen LogP contribution in [0.2, 0.25) is 5.02 Å². The Kier molecular flexibility index (Phi) is 13.4. The molecule has 44 heavy (non-hydrogen) atoms. The Morgan fingerprint density at radius 3 is 1.93 bits per heavy atom. The number of aldehydes is 1. The lowest BCUT2D eigenvalue weighted by Gasteiger charge is -2.26. The van der Waals surface area contributed by atoms with Crippen LogP contribution in [0, 0.1) is 11.8 Å². The number of carbonyl (C=O) groups is 4. The summed E-state index contributed by atoms with van der Waals surface area (Å²) in [5, 5.41) is 8.80. The third kappa shape index (κ3) is 11.2. The van der Waals surface area contributed by atoms with Gasteiger partial charge in [-0.25, -0.2) is 0 Å². The first kappa shape index (κ1) is 34.3. The highest BCUT2D eigenvalue weighted by Gasteiger charge is 2.30. The van der Waals surface area contributed by atoms with E-state index in [1.807, 2.05) is 88.4 Å². The molecule has 3 rings (SSSR count). The van der Waals surface area contributed by atoms with Gasteiger partial charge in [-0.1, -0.05) is 100.0 Å². The fourth-order valence-electron chi connectivity index (χ4n) is 4.75. The molecule has 3 amide bonds. The number of benzene rings is 3. The standard InChI is InChI=1S/C35H42ClN3O5/c1-23(2)17-28(21-40)37-34(42)31(19-25-11-7-5-8-12-25)39-35(43)30(18-24(3)4)38-33(41)29-20-27(36)15-16-32(29)44-22-26-13-9-6-10-14-26/h5-16,20-21,23-24,28,30-31H,17-19,22H2,1-4H3,(H,37,42)(H,38,41)(H,39,43)/t28-,30+,31+/m1/s1. The van der Waals surface area contributed by atoms with E-state index in [1.54, 1.807) is 12.1 Å². The molecular weight excluding hydrogens is 578 g/mol. The molecule has 0 fully saturated rings. The second-order valence-corrected chi connectivity index (χ2v) is 12.1. The molecule has 0 spiro atoms. The first-order chi connectivity index (χ1) is 21.0. The minimum atomic E-state index is -0.970. The smallest absolute Gasteiger partial charge is 0.255 e. The van der Waals surface area contributed by atoms with Gasteiger partial charge in [0, 0.05) is 11.4 Å². The van der Waals surface area contributed by atoms with E-state index in [-0.39, 0.29) is 30.4 Å². The average molecular weight is 620 g/mol. The maximum absolute atomic E-state index is 13.7. The van der Waals surface area contributed by atoms with E-state index in [9.17, 15) is 19.2 Å². The highest BCUT2D eigenvalue weighted by molar-refractivity contribution is 6.31. The molecule has 234 valence electrons. The van der Waals surface area contributed by atoms with Gasteiger partial charge in [-0.05, 0) is 54.0 Å². The molecule has 0 saturated heterocycles. The Morgan fingerprint density at radius 2 is 1.34 bits per heavy atom. The molecule has 9 heteroatoms. The number of ether oxygens (including phenoxy) is 1. The Bertz CT molecular complexity index is 1380. The van der Waals surface area contributed by atoms with E-state index < -0.39 is 35.8 Å². The Morgan fingerprint density at radius 1 is 0.750 bits per heavy atom. The zero-order valence-corrected chi connectivity index (χ0v) is 26.5. The Labute approximate surface area is 264 Å². The van der Waals surface area contributed by atoms with Gasteiger partial charge in [0.15, 0.2) is 0 Å². The third-order valence-corrected chi connectivity index (χ3v) is 7.12. The van der Waals surface area contributed by atoms with E-state index in [4.69, 9.17) is 16.3 Å². The molecule has 0 aliphatic rings. The van der Waals surface area contributed by atoms with Crippen molar-refractivity contribution in [3.63, 3.8) is 0 Å². The monoisotopic (exact) mass is 619 g/mol. The van der Waals surface area contributed by atoms with Crippen molar-refractivity contribution >= 4 is 35.6 Å². The summed E-state index contributed by atoms with van der Waals surface area (Å²) in [6, 6.07) is 21.0. The number of hydrogen-bond donors (Lipinski definition) is 3. The Balaban J connectivity index is 1.81. The Hall–Kier alpha value is -4.17. The summed E-state index contributed by atoms with van der Waals surface area (Å²) in [4.78, 5) is 52.4. The lowest BCUT2D eigenvalue weighted by atomic mass is 10.00. The van der Waals surface area contributed by atoms with Gasteiger partial charge < -0.3 is 25.5 Å².